The molecule has 1 aromatic carbocycles. The van der Waals surface area contributed by atoms with Crippen molar-refractivity contribution in [2.24, 2.45) is 0 Å². The molecule has 0 saturated heterocycles. The summed E-state index contributed by atoms with van der Waals surface area (Å²) in [5, 5.41) is 14.5. The van der Waals surface area contributed by atoms with Crippen LogP contribution in [0, 0.1) is 0 Å². The molecular formula is C14H16N2O3. The van der Waals surface area contributed by atoms with E-state index in [9.17, 15) is 5.11 Å². The van der Waals surface area contributed by atoms with E-state index in [0.717, 1.165) is 34.5 Å². The van der Waals surface area contributed by atoms with Crippen LogP contribution in [0.25, 0.3) is 10.8 Å². The van der Waals surface area contributed by atoms with E-state index in [1.165, 1.54) is 0 Å². The SMILES string of the molecule is CCC(CO)Nc1nccc2cc3c(cc12)OCO3. The van der Waals surface area contributed by atoms with Gasteiger partial charge in [0.05, 0.1) is 12.6 Å². The minimum atomic E-state index is 0.00326. The maximum atomic E-state index is 9.28. The summed E-state index contributed by atoms with van der Waals surface area (Å²) in [4.78, 5) is 4.35. The van der Waals surface area contributed by atoms with Crippen LogP contribution in [0.15, 0.2) is 24.4 Å². The Labute approximate surface area is 111 Å². The molecule has 1 aromatic heterocycles. The van der Waals surface area contributed by atoms with E-state index in [1.807, 2.05) is 25.1 Å². The van der Waals surface area contributed by atoms with E-state index in [1.54, 1.807) is 6.20 Å². The lowest BCUT2D eigenvalue weighted by Gasteiger charge is -2.16. The summed E-state index contributed by atoms with van der Waals surface area (Å²) >= 11 is 0. The molecule has 0 radical (unpaired) electrons. The summed E-state index contributed by atoms with van der Waals surface area (Å²) in [6.07, 6.45) is 2.58. The maximum absolute atomic E-state index is 9.28. The fourth-order valence-corrected chi connectivity index (χ4v) is 2.15. The van der Waals surface area contributed by atoms with Crippen molar-refractivity contribution in [1.82, 2.24) is 4.98 Å². The van der Waals surface area contributed by atoms with Gasteiger partial charge in [-0.1, -0.05) is 6.92 Å². The number of anilines is 1. The molecule has 100 valence electrons. The second-order valence-corrected chi connectivity index (χ2v) is 4.52. The molecule has 0 bridgehead atoms. The second-order valence-electron chi connectivity index (χ2n) is 4.52. The molecule has 5 nitrogen and oxygen atoms in total. The van der Waals surface area contributed by atoms with E-state index in [2.05, 4.69) is 10.3 Å². The highest BCUT2D eigenvalue weighted by atomic mass is 16.7. The van der Waals surface area contributed by atoms with Crippen LogP contribution in [0.3, 0.4) is 0 Å². The number of nitrogens with zero attached hydrogens (tertiary/aromatic N) is 1. The molecule has 0 amide bonds. The molecule has 1 unspecified atom stereocenters. The van der Waals surface area contributed by atoms with Gasteiger partial charge in [-0.3, -0.25) is 0 Å². The minimum absolute atomic E-state index is 0.00326. The Balaban J connectivity index is 2.04. The van der Waals surface area contributed by atoms with Crippen molar-refractivity contribution >= 4 is 16.6 Å². The number of nitrogens with one attached hydrogen (secondary N) is 1. The second kappa shape index (κ2) is 4.93. The van der Waals surface area contributed by atoms with Crippen molar-refractivity contribution in [3.8, 4) is 11.5 Å². The molecule has 2 heterocycles. The van der Waals surface area contributed by atoms with Gasteiger partial charge in [-0.15, -0.1) is 0 Å². The van der Waals surface area contributed by atoms with Crippen LogP contribution in [0.5, 0.6) is 11.5 Å². The number of hydrogen-bond donors (Lipinski definition) is 2. The average molecular weight is 260 g/mol. The van der Waals surface area contributed by atoms with E-state index in [-0.39, 0.29) is 19.4 Å². The largest absolute Gasteiger partial charge is 0.454 e. The maximum Gasteiger partial charge on any atom is 0.231 e. The third-order valence-corrected chi connectivity index (χ3v) is 3.31. The first kappa shape index (κ1) is 12.0. The third kappa shape index (κ3) is 2.17. The van der Waals surface area contributed by atoms with Crippen LogP contribution >= 0.6 is 0 Å². The highest BCUT2D eigenvalue weighted by Gasteiger charge is 2.16. The number of aliphatic hydroxyl groups excluding tert-OH is 1. The van der Waals surface area contributed by atoms with Crippen molar-refractivity contribution < 1.29 is 14.6 Å². The topological polar surface area (TPSA) is 63.6 Å². The monoisotopic (exact) mass is 260 g/mol. The van der Waals surface area contributed by atoms with Gasteiger partial charge in [0.15, 0.2) is 11.5 Å². The van der Waals surface area contributed by atoms with Crippen LogP contribution in [0.1, 0.15) is 13.3 Å². The highest BCUT2D eigenvalue weighted by Crippen LogP contribution is 2.37. The van der Waals surface area contributed by atoms with Crippen LogP contribution < -0.4 is 14.8 Å². The first-order valence-electron chi connectivity index (χ1n) is 6.37. The smallest absolute Gasteiger partial charge is 0.231 e. The van der Waals surface area contributed by atoms with Crippen LogP contribution in [0.4, 0.5) is 5.82 Å². The van der Waals surface area contributed by atoms with E-state index in [4.69, 9.17) is 9.47 Å². The van der Waals surface area contributed by atoms with Gasteiger partial charge in [-0.05, 0) is 30.0 Å². The number of hydrogen-bond acceptors (Lipinski definition) is 5. The Morgan fingerprint density at radius 3 is 2.89 bits per heavy atom. The molecule has 1 aliphatic heterocycles. The summed E-state index contributed by atoms with van der Waals surface area (Å²) in [6.45, 7) is 2.36. The quantitative estimate of drug-likeness (QED) is 0.881. The molecule has 1 atom stereocenters. The summed E-state index contributed by atoms with van der Waals surface area (Å²) in [5.41, 5.74) is 0. The minimum Gasteiger partial charge on any atom is -0.454 e. The van der Waals surface area contributed by atoms with Gasteiger partial charge >= 0.3 is 0 Å². The molecule has 2 N–H and O–H groups in total. The molecule has 0 fully saturated rings. The van der Waals surface area contributed by atoms with Crippen LogP contribution in [-0.2, 0) is 0 Å². The third-order valence-electron chi connectivity index (χ3n) is 3.31. The molecule has 19 heavy (non-hydrogen) atoms. The first-order chi connectivity index (χ1) is 9.31. The Morgan fingerprint density at radius 2 is 2.16 bits per heavy atom. The Kier molecular flexibility index (Phi) is 3.13. The molecule has 0 saturated carbocycles. The van der Waals surface area contributed by atoms with Gasteiger partial charge in [0.25, 0.3) is 0 Å². The Morgan fingerprint density at radius 1 is 1.37 bits per heavy atom. The fourth-order valence-electron chi connectivity index (χ4n) is 2.15. The van der Waals surface area contributed by atoms with E-state index in [0.29, 0.717) is 0 Å². The average Bonchev–Trinajstić information content (AvgIpc) is 2.89. The van der Waals surface area contributed by atoms with Crippen LogP contribution in [-0.4, -0.2) is 29.5 Å². The van der Waals surface area contributed by atoms with Gasteiger partial charge in [0, 0.05) is 11.6 Å². The van der Waals surface area contributed by atoms with Crippen molar-refractivity contribution in [2.45, 2.75) is 19.4 Å². The lowest BCUT2D eigenvalue weighted by molar-refractivity contribution is 0.174. The summed E-state index contributed by atoms with van der Waals surface area (Å²) in [6, 6.07) is 5.81. The van der Waals surface area contributed by atoms with Gasteiger partial charge < -0.3 is 19.9 Å². The van der Waals surface area contributed by atoms with Gasteiger partial charge in [0.2, 0.25) is 6.79 Å². The number of ether oxygens (including phenoxy) is 2. The molecule has 0 aliphatic carbocycles. The predicted molar refractivity (Wildman–Crippen MR) is 72.7 cm³/mol. The van der Waals surface area contributed by atoms with Crippen LogP contribution in [0.2, 0.25) is 0 Å². The number of aromatic nitrogens is 1. The lowest BCUT2D eigenvalue weighted by Crippen LogP contribution is -2.23. The number of rotatable bonds is 4. The summed E-state index contributed by atoms with van der Waals surface area (Å²) in [7, 11) is 0. The van der Waals surface area contributed by atoms with Crippen molar-refractivity contribution in [1.29, 1.82) is 0 Å². The highest BCUT2D eigenvalue weighted by molar-refractivity contribution is 5.94. The predicted octanol–water partition coefficient (Wildman–Crippen LogP) is 2.15. The zero-order valence-electron chi connectivity index (χ0n) is 10.7. The van der Waals surface area contributed by atoms with Gasteiger partial charge in [-0.2, -0.15) is 0 Å². The standard InChI is InChI=1S/C14H16N2O3/c1-2-10(7-17)16-14-11-6-13-12(18-8-19-13)5-9(11)3-4-15-14/h3-6,10,17H,2,7-8H2,1H3,(H,15,16). The zero-order valence-corrected chi connectivity index (χ0v) is 10.7. The molecule has 1 aliphatic rings. The number of fused-ring (bicyclic) bond motifs is 2. The Bertz CT molecular complexity index is 597. The van der Waals surface area contributed by atoms with Crippen molar-refractivity contribution in [3.05, 3.63) is 24.4 Å². The normalized spacial score (nSPS) is 14.6. The summed E-state index contributed by atoms with van der Waals surface area (Å²) in [5.74, 6) is 2.26. The lowest BCUT2D eigenvalue weighted by atomic mass is 10.1. The van der Waals surface area contributed by atoms with Gasteiger partial charge in [0.1, 0.15) is 5.82 Å². The summed E-state index contributed by atoms with van der Waals surface area (Å²) < 4.78 is 10.8. The van der Waals surface area contributed by atoms with Gasteiger partial charge in [-0.25, -0.2) is 4.98 Å². The van der Waals surface area contributed by atoms with E-state index < -0.39 is 0 Å². The first-order valence-corrected chi connectivity index (χ1v) is 6.37. The van der Waals surface area contributed by atoms with Crippen molar-refractivity contribution in [3.63, 3.8) is 0 Å². The number of pyridine rings is 1. The molecule has 2 aromatic rings. The van der Waals surface area contributed by atoms with Crippen molar-refractivity contribution in [2.75, 3.05) is 18.7 Å². The number of benzene rings is 1. The Hall–Kier alpha value is -2.01. The molecule has 5 heteroatoms. The number of aliphatic hydroxyl groups is 1. The fraction of sp³-hybridized carbons (Fsp3) is 0.357. The molecule has 3 rings (SSSR count). The van der Waals surface area contributed by atoms with E-state index >= 15 is 0 Å². The molecular weight excluding hydrogens is 244 g/mol. The zero-order chi connectivity index (χ0) is 13.2. The molecule has 0 spiro atoms.